The summed E-state index contributed by atoms with van der Waals surface area (Å²) in [6, 6.07) is 26.8. The normalized spacial score (nSPS) is 11.2. The molecule has 0 bridgehead atoms. The van der Waals surface area contributed by atoms with Crippen LogP contribution in [0.5, 0.6) is 5.75 Å². The Balaban J connectivity index is 1.41. The van der Waals surface area contributed by atoms with Gasteiger partial charge in [-0.1, -0.05) is 30.3 Å². The number of allylic oxidation sites excluding steroid dienone is 1. The first-order chi connectivity index (χ1) is 20.9. The lowest BCUT2D eigenvalue weighted by atomic mass is 10.0. The molecular weight excluding hydrogens is 546 g/mol. The van der Waals surface area contributed by atoms with E-state index in [1.807, 2.05) is 60.8 Å². The van der Waals surface area contributed by atoms with Gasteiger partial charge in [-0.3, -0.25) is 14.9 Å². The maximum atomic E-state index is 13.8. The van der Waals surface area contributed by atoms with Gasteiger partial charge in [0.15, 0.2) is 11.5 Å². The number of non-ortho nitro benzene ring substituents is 1. The van der Waals surface area contributed by atoms with Crippen molar-refractivity contribution >= 4 is 17.5 Å². The Bertz CT molecular complexity index is 1940. The summed E-state index contributed by atoms with van der Waals surface area (Å²) in [6.45, 7) is 1.77. The number of nitro benzene ring substituents is 1. The van der Waals surface area contributed by atoms with Gasteiger partial charge in [-0.25, -0.2) is 9.36 Å². The Labute approximate surface area is 246 Å². The molecule has 0 saturated heterocycles. The standard InChI is InChI=1S/C33H25N5O5/c1-22-32(33(31-9-6-20-43-31)35-37(22)25-12-14-26(15-13-25)38(40)41)30(39)19-18-29-28(23-10-16-27(42-2)17-11-23)21-36(34-29)24-7-4-3-5-8-24/h3-21H,1-2H3/b19-18+. The molecule has 0 unspecified atom stereocenters. The van der Waals surface area contributed by atoms with Crippen molar-refractivity contribution in [1.82, 2.24) is 19.6 Å². The second-order valence-corrected chi connectivity index (χ2v) is 9.61. The van der Waals surface area contributed by atoms with Crippen LogP contribution in [0, 0.1) is 17.0 Å². The SMILES string of the molecule is COc1ccc(-c2cn(-c3ccccc3)nc2/C=C/C(=O)c2c(-c3ccco3)nn(-c3ccc([N+](=O)[O-])cc3)c2C)cc1. The number of methoxy groups -OCH3 is 1. The molecule has 0 atom stereocenters. The van der Waals surface area contributed by atoms with Crippen LogP contribution in [-0.2, 0) is 0 Å². The van der Waals surface area contributed by atoms with Gasteiger partial charge in [0.2, 0.25) is 0 Å². The van der Waals surface area contributed by atoms with Crippen molar-refractivity contribution in [1.29, 1.82) is 0 Å². The molecule has 0 radical (unpaired) electrons. The lowest BCUT2D eigenvalue weighted by molar-refractivity contribution is -0.384. The summed E-state index contributed by atoms with van der Waals surface area (Å²) in [6.07, 6.45) is 6.60. The van der Waals surface area contributed by atoms with Crippen molar-refractivity contribution in [3.8, 4) is 39.7 Å². The second kappa shape index (κ2) is 11.5. The first kappa shape index (κ1) is 27.2. The number of carbonyl (C=O) groups excluding carboxylic acids is 1. The van der Waals surface area contributed by atoms with Crippen LogP contribution >= 0.6 is 0 Å². The van der Waals surface area contributed by atoms with E-state index in [0.717, 1.165) is 22.6 Å². The van der Waals surface area contributed by atoms with Gasteiger partial charge in [0.1, 0.15) is 11.4 Å². The number of para-hydroxylation sites is 1. The quantitative estimate of drug-likeness (QED) is 0.0785. The highest BCUT2D eigenvalue weighted by atomic mass is 16.6. The van der Waals surface area contributed by atoms with E-state index in [1.165, 1.54) is 24.5 Å². The molecule has 0 N–H and O–H groups in total. The van der Waals surface area contributed by atoms with Gasteiger partial charge >= 0.3 is 0 Å². The minimum absolute atomic E-state index is 0.0401. The Morgan fingerprint density at radius 1 is 0.930 bits per heavy atom. The van der Waals surface area contributed by atoms with Crippen molar-refractivity contribution in [3.63, 3.8) is 0 Å². The number of furan rings is 1. The Kier molecular flexibility index (Phi) is 7.23. The molecule has 0 amide bonds. The first-order valence-electron chi connectivity index (χ1n) is 13.3. The minimum atomic E-state index is -0.465. The molecular formula is C33H25N5O5. The van der Waals surface area contributed by atoms with Crippen LogP contribution in [0.15, 0.2) is 114 Å². The zero-order valence-electron chi connectivity index (χ0n) is 23.2. The molecule has 0 aliphatic heterocycles. The number of ether oxygens (including phenoxy) is 1. The van der Waals surface area contributed by atoms with Gasteiger partial charge in [0.05, 0.1) is 46.6 Å². The highest BCUT2D eigenvalue weighted by Gasteiger charge is 2.24. The Morgan fingerprint density at radius 3 is 2.33 bits per heavy atom. The minimum Gasteiger partial charge on any atom is -0.497 e. The summed E-state index contributed by atoms with van der Waals surface area (Å²) < 4.78 is 14.3. The van der Waals surface area contributed by atoms with E-state index < -0.39 is 4.92 Å². The fourth-order valence-electron chi connectivity index (χ4n) is 4.80. The van der Waals surface area contributed by atoms with Gasteiger partial charge < -0.3 is 9.15 Å². The van der Waals surface area contributed by atoms with Crippen molar-refractivity contribution in [2.75, 3.05) is 7.11 Å². The van der Waals surface area contributed by atoms with Crippen molar-refractivity contribution in [2.24, 2.45) is 0 Å². The van der Waals surface area contributed by atoms with E-state index in [4.69, 9.17) is 14.3 Å². The van der Waals surface area contributed by atoms with Crippen molar-refractivity contribution < 1.29 is 18.9 Å². The van der Waals surface area contributed by atoms with Gasteiger partial charge in [0, 0.05) is 23.9 Å². The maximum Gasteiger partial charge on any atom is 0.269 e. The number of aromatic nitrogens is 4. The molecule has 10 nitrogen and oxygen atoms in total. The number of rotatable bonds is 9. The van der Waals surface area contributed by atoms with Crippen LogP contribution in [0.1, 0.15) is 21.7 Å². The average Bonchev–Trinajstić information content (AvgIpc) is 3.80. The maximum absolute atomic E-state index is 13.8. The third-order valence-electron chi connectivity index (χ3n) is 6.98. The van der Waals surface area contributed by atoms with Crippen LogP contribution in [0.25, 0.3) is 40.0 Å². The Morgan fingerprint density at radius 2 is 1.67 bits per heavy atom. The van der Waals surface area contributed by atoms with Crippen LogP contribution in [0.2, 0.25) is 0 Å². The monoisotopic (exact) mass is 571 g/mol. The van der Waals surface area contributed by atoms with Gasteiger partial charge in [-0.15, -0.1) is 0 Å². The zero-order valence-corrected chi connectivity index (χ0v) is 23.2. The summed E-state index contributed by atoms with van der Waals surface area (Å²) >= 11 is 0. The van der Waals surface area contributed by atoms with E-state index in [-0.39, 0.29) is 11.5 Å². The summed E-state index contributed by atoms with van der Waals surface area (Å²) in [5.74, 6) is 0.859. The fraction of sp³-hybridized carbons (Fsp3) is 0.0606. The molecule has 0 spiro atoms. The predicted octanol–water partition coefficient (Wildman–Crippen LogP) is 7.11. The lowest BCUT2D eigenvalue weighted by Gasteiger charge is -2.04. The van der Waals surface area contributed by atoms with E-state index in [0.29, 0.717) is 34.1 Å². The van der Waals surface area contributed by atoms with Crippen LogP contribution in [0.4, 0.5) is 5.69 Å². The molecule has 10 heteroatoms. The number of nitrogens with zero attached hydrogens (tertiary/aromatic N) is 5. The van der Waals surface area contributed by atoms with Crippen molar-refractivity contribution in [2.45, 2.75) is 6.92 Å². The summed E-state index contributed by atoms with van der Waals surface area (Å²) in [5.41, 5.74) is 5.02. The third-order valence-corrected chi connectivity index (χ3v) is 6.98. The smallest absolute Gasteiger partial charge is 0.269 e. The number of hydrogen-bond acceptors (Lipinski definition) is 7. The number of ketones is 1. The van der Waals surface area contributed by atoms with Gasteiger partial charge in [-0.05, 0) is 73.2 Å². The zero-order chi connectivity index (χ0) is 29.9. The first-order valence-corrected chi connectivity index (χ1v) is 13.3. The number of hydrogen-bond donors (Lipinski definition) is 0. The third kappa shape index (κ3) is 5.36. The molecule has 0 saturated carbocycles. The molecule has 3 heterocycles. The fourth-order valence-corrected chi connectivity index (χ4v) is 4.80. The molecule has 6 aromatic rings. The molecule has 3 aromatic carbocycles. The molecule has 0 aliphatic rings. The molecule has 0 aliphatic carbocycles. The van der Waals surface area contributed by atoms with Crippen molar-refractivity contribution in [3.05, 3.63) is 137 Å². The van der Waals surface area contributed by atoms with E-state index in [1.54, 1.807) is 53.7 Å². The molecule has 6 rings (SSSR count). The summed E-state index contributed by atoms with van der Waals surface area (Å²) in [4.78, 5) is 24.5. The summed E-state index contributed by atoms with van der Waals surface area (Å²) in [5, 5.41) is 20.6. The van der Waals surface area contributed by atoms with Gasteiger partial charge in [0.25, 0.3) is 5.69 Å². The van der Waals surface area contributed by atoms with E-state index in [9.17, 15) is 14.9 Å². The Hall–Kier alpha value is -6.03. The van der Waals surface area contributed by atoms with Crippen LogP contribution in [-0.4, -0.2) is 37.4 Å². The highest BCUT2D eigenvalue weighted by molar-refractivity contribution is 6.11. The number of benzene rings is 3. The molecule has 43 heavy (non-hydrogen) atoms. The molecule has 212 valence electrons. The lowest BCUT2D eigenvalue weighted by Crippen LogP contribution is -2.02. The topological polar surface area (TPSA) is 118 Å². The highest BCUT2D eigenvalue weighted by Crippen LogP contribution is 2.31. The van der Waals surface area contributed by atoms with E-state index >= 15 is 0 Å². The molecule has 0 fully saturated rings. The van der Waals surface area contributed by atoms with Crippen LogP contribution in [0.3, 0.4) is 0 Å². The number of nitro groups is 1. The molecule has 3 aromatic heterocycles. The second-order valence-electron chi connectivity index (χ2n) is 9.61. The summed E-state index contributed by atoms with van der Waals surface area (Å²) in [7, 11) is 1.62. The number of carbonyl (C=O) groups is 1. The largest absolute Gasteiger partial charge is 0.497 e. The predicted molar refractivity (Wildman–Crippen MR) is 162 cm³/mol. The van der Waals surface area contributed by atoms with Gasteiger partial charge in [-0.2, -0.15) is 10.2 Å². The van der Waals surface area contributed by atoms with E-state index in [2.05, 4.69) is 5.10 Å². The van der Waals surface area contributed by atoms with Crippen LogP contribution < -0.4 is 4.74 Å². The average molecular weight is 572 g/mol.